The number of nitrogens with zero attached hydrogens (tertiary/aromatic N) is 2. The SMILES string of the molecule is CC(O)Sc1snnc1S. The van der Waals surface area contributed by atoms with E-state index in [9.17, 15) is 0 Å². The van der Waals surface area contributed by atoms with E-state index in [1.165, 1.54) is 23.3 Å². The number of thioether (sulfide) groups is 1. The third kappa shape index (κ3) is 2.12. The zero-order valence-electron chi connectivity index (χ0n) is 5.18. The van der Waals surface area contributed by atoms with Crippen LogP contribution in [0.15, 0.2) is 9.24 Å². The number of hydrogen-bond acceptors (Lipinski definition) is 6. The van der Waals surface area contributed by atoms with Gasteiger partial charge in [0.15, 0.2) is 0 Å². The number of aliphatic hydroxyl groups is 1. The molecule has 0 amide bonds. The van der Waals surface area contributed by atoms with E-state index >= 15 is 0 Å². The maximum absolute atomic E-state index is 8.93. The molecule has 0 aliphatic rings. The molecule has 1 N–H and O–H groups in total. The number of rotatable bonds is 2. The summed E-state index contributed by atoms with van der Waals surface area (Å²) in [6, 6.07) is 0. The van der Waals surface area contributed by atoms with E-state index in [-0.39, 0.29) is 0 Å². The minimum absolute atomic E-state index is 0.423. The lowest BCUT2D eigenvalue weighted by Gasteiger charge is -1.98. The van der Waals surface area contributed by atoms with Crippen molar-refractivity contribution in [2.24, 2.45) is 0 Å². The van der Waals surface area contributed by atoms with Crippen molar-refractivity contribution in [1.29, 1.82) is 0 Å². The van der Waals surface area contributed by atoms with Crippen molar-refractivity contribution in [2.75, 3.05) is 0 Å². The van der Waals surface area contributed by atoms with Crippen LogP contribution in [0.5, 0.6) is 0 Å². The third-order valence-electron chi connectivity index (χ3n) is 0.719. The second kappa shape index (κ2) is 3.56. The highest BCUT2D eigenvalue weighted by Gasteiger charge is 2.06. The lowest BCUT2D eigenvalue weighted by molar-refractivity contribution is 0.284. The molecule has 6 heteroatoms. The lowest BCUT2D eigenvalue weighted by atomic mass is 10.9. The first kappa shape index (κ1) is 8.32. The smallest absolute Gasteiger partial charge is 0.142 e. The summed E-state index contributed by atoms with van der Waals surface area (Å²) in [5.74, 6) is 0. The lowest BCUT2D eigenvalue weighted by Crippen LogP contribution is -1.89. The molecule has 1 heterocycles. The molecule has 0 aliphatic heterocycles. The largest absolute Gasteiger partial charge is 0.382 e. The van der Waals surface area contributed by atoms with Gasteiger partial charge in [0, 0.05) is 0 Å². The molecule has 0 bridgehead atoms. The molecule has 1 unspecified atom stereocenters. The maximum atomic E-state index is 8.93. The van der Waals surface area contributed by atoms with Crippen LogP contribution in [0.25, 0.3) is 0 Å². The van der Waals surface area contributed by atoms with Crippen molar-refractivity contribution < 1.29 is 5.11 Å². The number of thiol groups is 1. The summed E-state index contributed by atoms with van der Waals surface area (Å²) in [6.07, 6.45) is 0. The molecule has 3 nitrogen and oxygen atoms in total. The molecule has 0 saturated heterocycles. The predicted molar refractivity (Wildman–Crippen MR) is 44.7 cm³/mol. The van der Waals surface area contributed by atoms with E-state index in [1.807, 2.05) is 0 Å². The van der Waals surface area contributed by atoms with Gasteiger partial charge in [-0.15, -0.1) is 17.7 Å². The molecule has 1 atom stereocenters. The first-order valence-corrected chi connectivity index (χ1v) is 4.66. The van der Waals surface area contributed by atoms with Gasteiger partial charge in [-0.2, -0.15) is 0 Å². The quantitative estimate of drug-likeness (QED) is 0.423. The Kier molecular flexibility index (Phi) is 2.96. The molecular formula is C4H6N2OS3. The van der Waals surface area contributed by atoms with Gasteiger partial charge in [0.25, 0.3) is 0 Å². The highest BCUT2D eigenvalue weighted by Crippen LogP contribution is 2.29. The van der Waals surface area contributed by atoms with Crippen molar-refractivity contribution in [3.63, 3.8) is 0 Å². The summed E-state index contributed by atoms with van der Waals surface area (Å²) >= 11 is 6.58. The fourth-order valence-electron chi connectivity index (χ4n) is 0.407. The molecule has 0 spiro atoms. The highest BCUT2D eigenvalue weighted by atomic mass is 32.2. The Bertz CT molecular complexity index is 212. The minimum atomic E-state index is -0.423. The molecule has 56 valence electrons. The van der Waals surface area contributed by atoms with E-state index in [1.54, 1.807) is 6.92 Å². The van der Waals surface area contributed by atoms with Crippen molar-refractivity contribution in [3.05, 3.63) is 0 Å². The molecule has 0 saturated carbocycles. The molecular weight excluding hydrogens is 188 g/mol. The average Bonchev–Trinajstić information content (AvgIpc) is 2.15. The van der Waals surface area contributed by atoms with E-state index in [0.29, 0.717) is 5.03 Å². The standard InChI is InChI=1S/C4H6N2OS3/c1-2(7)9-4-3(8)5-6-10-4/h2,7-8H,1H3. The molecule has 1 rings (SSSR count). The van der Waals surface area contributed by atoms with Crippen LogP contribution in [0.3, 0.4) is 0 Å². The van der Waals surface area contributed by atoms with Crippen LogP contribution in [0.2, 0.25) is 0 Å². The highest BCUT2D eigenvalue weighted by molar-refractivity contribution is 8.01. The Morgan fingerprint density at radius 1 is 1.80 bits per heavy atom. The molecule has 1 aromatic heterocycles. The van der Waals surface area contributed by atoms with Crippen LogP contribution in [0.1, 0.15) is 6.92 Å². The number of hydrogen-bond donors (Lipinski definition) is 2. The fraction of sp³-hybridized carbons (Fsp3) is 0.500. The summed E-state index contributed by atoms with van der Waals surface area (Å²) in [5.41, 5.74) is -0.423. The number of aliphatic hydroxyl groups excluding tert-OH is 1. The van der Waals surface area contributed by atoms with E-state index < -0.39 is 5.44 Å². The molecule has 0 fully saturated rings. The monoisotopic (exact) mass is 194 g/mol. The molecule has 10 heavy (non-hydrogen) atoms. The van der Waals surface area contributed by atoms with Crippen LogP contribution in [-0.4, -0.2) is 20.1 Å². The summed E-state index contributed by atoms with van der Waals surface area (Å²) in [7, 11) is 0. The topological polar surface area (TPSA) is 46.0 Å². The predicted octanol–water partition coefficient (Wildman–Crippen LogP) is 1.26. The summed E-state index contributed by atoms with van der Waals surface area (Å²) in [6.45, 7) is 1.69. The second-order valence-electron chi connectivity index (χ2n) is 1.60. The zero-order chi connectivity index (χ0) is 7.56. The second-order valence-corrected chi connectivity index (χ2v) is 4.36. The maximum Gasteiger partial charge on any atom is 0.142 e. The minimum Gasteiger partial charge on any atom is -0.382 e. The van der Waals surface area contributed by atoms with E-state index in [4.69, 9.17) is 5.11 Å². The van der Waals surface area contributed by atoms with Gasteiger partial charge in [-0.1, -0.05) is 16.3 Å². The van der Waals surface area contributed by atoms with E-state index in [2.05, 4.69) is 22.2 Å². The van der Waals surface area contributed by atoms with Gasteiger partial charge in [-0.3, -0.25) is 0 Å². The summed E-state index contributed by atoms with van der Waals surface area (Å²) in [5, 5.41) is 13.2. The van der Waals surface area contributed by atoms with Gasteiger partial charge in [0.05, 0.1) is 0 Å². The molecule has 0 aromatic carbocycles. The normalized spacial score (nSPS) is 13.5. The first-order valence-electron chi connectivity index (χ1n) is 2.56. The first-order chi connectivity index (χ1) is 4.70. The third-order valence-corrected chi connectivity index (χ3v) is 3.12. The molecule has 0 radical (unpaired) electrons. The van der Waals surface area contributed by atoms with Crippen LogP contribution < -0.4 is 0 Å². The average molecular weight is 194 g/mol. The van der Waals surface area contributed by atoms with Crippen molar-refractivity contribution >= 4 is 35.9 Å². The van der Waals surface area contributed by atoms with Crippen molar-refractivity contribution in [3.8, 4) is 0 Å². The Morgan fingerprint density at radius 2 is 2.50 bits per heavy atom. The Balaban J connectivity index is 2.65. The van der Waals surface area contributed by atoms with Gasteiger partial charge in [-0.25, -0.2) is 0 Å². The van der Waals surface area contributed by atoms with Crippen molar-refractivity contribution in [1.82, 2.24) is 9.59 Å². The zero-order valence-corrected chi connectivity index (χ0v) is 7.71. The van der Waals surface area contributed by atoms with Crippen LogP contribution in [0, 0.1) is 0 Å². The van der Waals surface area contributed by atoms with Gasteiger partial charge >= 0.3 is 0 Å². The Labute approximate surface area is 72.4 Å². The van der Waals surface area contributed by atoms with Gasteiger partial charge < -0.3 is 5.11 Å². The summed E-state index contributed by atoms with van der Waals surface area (Å²) < 4.78 is 4.52. The number of aromatic nitrogens is 2. The fourth-order valence-corrected chi connectivity index (χ4v) is 2.26. The van der Waals surface area contributed by atoms with Crippen LogP contribution in [-0.2, 0) is 0 Å². The van der Waals surface area contributed by atoms with Gasteiger partial charge in [-0.05, 0) is 18.5 Å². The summed E-state index contributed by atoms with van der Waals surface area (Å²) in [4.78, 5) is 0. The van der Waals surface area contributed by atoms with Gasteiger partial charge in [0.1, 0.15) is 14.7 Å². The van der Waals surface area contributed by atoms with Crippen LogP contribution >= 0.6 is 35.9 Å². The Hall–Kier alpha value is 0.220. The van der Waals surface area contributed by atoms with E-state index in [0.717, 1.165) is 4.21 Å². The molecule has 1 aromatic rings. The van der Waals surface area contributed by atoms with Gasteiger partial charge in [0.2, 0.25) is 0 Å². The van der Waals surface area contributed by atoms with Crippen LogP contribution in [0.4, 0.5) is 0 Å². The Morgan fingerprint density at radius 3 is 2.90 bits per heavy atom. The molecule has 0 aliphatic carbocycles. The van der Waals surface area contributed by atoms with Crippen molar-refractivity contribution in [2.45, 2.75) is 21.6 Å².